The Labute approximate surface area is 116 Å². The lowest BCUT2D eigenvalue weighted by Crippen LogP contribution is -2.38. The van der Waals surface area contributed by atoms with Crippen molar-refractivity contribution in [3.8, 4) is 0 Å². The Balaban J connectivity index is 1.91. The van der Waals surface area contributed by atoms with Crippen LogP contribution in [-0.4, -0.2) is 35.6 Å². The maximum atomic E-state index is 3.61. The first-order chi connectivity index (χ1) is 9.24. The van der Waals surface area contributed by atoms with Gasteiger partial charge in [-0.1, -0.05) is 32.0 Å². The minimum absolute atomic E-state index is 0.508. The van der Waals surface area contributed by atoms with Crippen LogP contribution >= 0.6 is 0 Å². The molecule has 0 amide bonds. The number of rotatable bonds is 7. The summed E-state index contributed by atoms with van der Waals surface area (Å²) in [5.41, 5.74) is 2.57. The summed E-state index contributed by atoms with van der Waals surface area (Å²) in [6.45, 7) is 11.0. The van der Waals surface area contributed by atoms with Gasteiger partial charge in [-0.25, -0.2) is 0 Å². The number of benzene rings is 1. The molecule has 2 rings (SSSR count). The summed E-state index contributed by atoms with van der Waals surface area (Å²) in [6, 6.07) is 8.97. The van der Waals surface area contributed by atoms with Crippen LogP contribution in [0.1, 0.15) is 26.3 Å². The molecule has 19 heavy (non-hydrogen) atoms. The fraction of sp³-hybridized carbons (Fsp3) is 0.500. The van der Waals surface area contributed by atoms with Gasteiger partial charge in [0, 0.05) is 36.2 Å². The maximum absolute atomic E-state index is 3.61. The van der Waals surface area contributed by atoms with Gasteiger partial charge in [-0.05, 0) is 31.6 Å². The second kappa shape index (κ2) is 6.73. The van der Waals surface area contributed by atoms with Crippen molar-refractivity contribution >= 4 is 10.9 Å². The summed E-state index contributed by atoms with van der Waals surface area (Å²) in [5.74, 6) is 0. The first kappa shape index (κ1) is 14.1. The number of fused-ring (bicyclic) bond motifs is 1. The van der Waals surface area contributed by atoms with Crippen molar-refractivity contribution in [2.45, 2.75) is 33.4 Å². The second-order valence-electron chi connectivity index (χ2n) is 5.13. The molecule has 2 aromatic rings. The summed E-state index contributed by atoms with van der Waals surface area (Å²) in [5, 5.41) is 4.94. The third kappa shape index (κ3) is 3.58. The van der Waals surface area contributed by atoms with Crippen LogP contribution in [0.3, 0.4) is 0 Å². The highest BCUT2D eigenvalue weighted by Gasteiger charge is 2.08. The highest BCUT2D eigenvalue weighted by atomic mass is 15.1. The molecule has 0 saturated carbocycles. The fourth-order valence-electron chi connectivity index (χ4n) is 2.50. The number of nitrogens with zero attached hydrogens (tertiary/aromatic N) is 1. The summed E-state index contributed by atoms with van der Waals surface area (Å²) in [6.07, 6.45) is 2.11. The van der Waals surface area contributed by atoms with E-state index in [1.54, 1.807) is 0 Å². The third-order valence-electron chi connectivity index (χ3n) is 3.74. The van der Waals surface area contributed by atoms with Crippen LogP contribution in [0.25, 0.3) is 10.9 Å². The molecule has 0 spiro atoms. The zero-order valence-corrected chi connectivity index (χ0v) is 12.2. The Bertz CT molecular complexity index is 499. The van der Waals surface area contributed by atoms with Crippen LogP contribution in [0, 0.1) is 0 Å². The summed E-state index contributed by atoms with van der Waals surface area (Å²) in [7, 11) is 0. The van der Waals surface area contributed by atoms with Gasteiger partial charge < -0.3 is 15.2 Å². The molecule has 0 saturated heterocycles. The molecule has 0 aliphatic rings. The average Bonchev–Trinajstić information content (AvgIpc) is 2.86. The van der Waals surface area contributed by atoms with Crippen molar-refractivity contribution < 1.29 is 0 Å². The van der Waals surface area contributed by atoms with E-state index in [0.29, 0.717) is 6.04 Å². The second-order valence-corrected chi connectivity index (χ2v) is 5.13. The molecular formula is C16H25N3. The van der Waals surface area contributed by atoms with E-state index in [9.17, 15) is 0 Å². The van der Waals surface area contributed by atoms with E-state index in [1.165, 1.54) is 16.5 Å². The van der Waals surface area contributed by atoms with Gasteiger partial charge in [0.1, 0.15) is 0 Å². The van der Waals surface area contributed by atoms with Crippen LogP contribution in [0.2, 0.25) is 0 Å². The van der Waals surface area contributed by atoms with Crippen molar-refractivity contribution in [1.82, 2.24) is 15.2 Å². The van der Waals surface area contributed by atoms with E-state index < -0.39 is 0 Å². The van der Waals surface area contributed by atoms with E-state index in [4.69, 9.17) is 0 Å². The number of aromatic nitrogens is 1. The Hall–Kier alpha value is -1.32. The van der Waals surface area contributed by atoms with Crippen LogP contribution in [0.15, 0.2) is 30.5 Å². The first-order valence-electron chi connectivity index (χ1n) is 7.25. The van der Waals surface area contributed by atoms with Crippen LogP contribution in [0.4, 0.5) is 0 Å². The van der Waals surface area contributed by atoms with E-state index in [0.717, 1.165) is 26.2 Å². The molecule has 104 valence electrons. The molecule has 1 aromatic carbocycles. The van der Waals surface area contributed by atoms with Crippen LogP contribution < -0.4 is 5.32 Å². The zero-order valence-electron chi connectivity index (χ0n) is 12.2. The molecule has 0 bridgehead atoms. The summed E-state index contributed by atoms with van der Waals surface area (Å²) >= 11 is 0. The minimum Gasteiger partial charge on any atom is -0.361 e. The number of hydrogen-bond acceptors (Lipinski definition) is 2. The average molecular weight is 259 g/mol. The van der Waals surface area contributed by atoms with Crippen molar-refractivity contribution in [1.29, 1.82) is 0 Å². The number of H-pyrrole nitrogens is 1. The smallest absolute Gasteiger partial charge is 0.0457 e. The predicted molar refractivity (Wildman–Crippen MR) is 82.4 cm³/mol. The molecular weight excluding hydrogens is 234 g/mol. The molecule has 1 unspecified atom stereocenters. The van der Waals surface area contributed by atoms with Gasteiger partial charge in [-0.2, -0.15) is 0 Å². The molecule has 1 heterocycles. The molecule has 2 N–H and O–H groups in total. The number of aromatic amines is 1. The summed E-state index contributed by atoms with van der Waals surface area (Å²) < 4.78 is 0. The third-order valence-corrected chi connectivity index (χ3v) is 3.74. The van der Waals surface area contributed by atoms with E-state index in [2.05, 4.69) is 66.4 Å². The molecule has 3 nitrogen and oxygen atoms in total. The van der Waals surface area contributed by atoms with Crippen LogP contribution in [0.5, 0.6) is 0 Å². The maximum Gasteiger partial charge on any atom is 0.0457 e. The lowest BCUT2D eigenvalue weighted by atomic mass is 10.1. The van der Waals surface area contributed by atoms with Gasteiger partial charge in [-0.3, -0.25) is 0 Å². The van der Waals surface area contributed by atoms with E-state index in [1.807, 2.05) is 0 Å². The number of likely N-dealkylation sites (N-methyl/N-ethyl adjacent to an activating group) is 1. The van der Waals surface area contributed by atoms with Gasteiger partial charge in [0.05, 0.1) is 0 Å². The topological polar surface area (TPSA) is 31.1 Å². The number of para-hydroxylation sites is 1. The lowest BCUT2D eigenvalue weighted by Gasteiger charge is -2.23. The minimum atomic E-state index is 0.508. The quantitative estimate of drug-likeness (QED) is 0.801. The molecule has 3 heteroatoms. The molecule has 0 aliphatic heterocycles. The molecule has 1 atom stereocenters. The van der Waals surface area contributed by atoms with E-state index in [-0.39, 0.29) is 0 Å². The van der Waals surface area contributed by atoms with Gasteiger partial charge in [0.15, 0.2) is 0 Å². The van der Waals surface area contributed by atoms with Gasteiger partial charge in [-0.15, -0.1) is 0 Å². The van der Waals surface area contributed by atoms with Crippen molar-refractivity contribution in [3.63, 3.8) is 0 Å². The largest absolute Gasteiger partial charge is 0.361 e. The zero-order chi connectivity index (χ0) is 13.7. The SMILES string of the molecule is CCN(CC)CC(C)NCc1c[nH]c2ccccc12. The van der Waals surface area contributed by atoms with Crippen molar-refractivity contribution in [2.75, 3.05) is 19.6 Å². The Morgan fingerprint density at radius 3 is 2.68 bits per heavy atom. The van der Waals surface area contributed by atoms with Crippen LogP contribution in [-0.2, 0) is 6.54 Å². The van der Waals surface area contributed by atoms with Crippen molar-refractivity contribution in [2.24, 2.45) is 0 Å². The fourth-order valence-corrected chi connectivity index (χ4v) is 2.50. The summed E-state index contributed by atoms with van der Waals surface area (Å²) in [4.78, 5) is 5.78. The Morgan fingerprint density at radius 2 is 1.95 bits per heavy atom. The van der Waals surface area contributed by atoms with Gasteiger partial charge in [0.2, 0.25) is 0 Å². The highest BCUT2D eigenvalue weighted by molar-refractivity contribution is 5.82. The highest BCUT2D eigenvalue weighted by Crippen LogP contribution is 2.17. The number of hydrogen-bond donors (Lipinski definition) is 2. The van der Waals surface area contributed by atoms with Gasteiger partial charge >= 0.3 is 0 Å². The van der Waals surface area contributed by atoms with Gasteiger partial charge in [0.25, 0.3) is 0 Å². The first-order valence-corrected chi connectivity index (χ1v) is 7.25. The molecule has 1 aromatic heterocycles. The number of nitrogens with one attached hydrogen (secondary N) is 2. The normalized spacial score (nSPS) is 13.3. The molecule has 0 fully saturated rings. The Morgan fingerprint density at radius 1 is 1.21 bits per heavy atom. The molecule has 0 radical (unpaired) electrons. The van der Waals surface area contributed by atoms with E-state index >= 15 is 0 Å². The Kier molecular flexibility index (Phi) is 5.00. The standard InChI is InChI=1S/C16H25N3/c1-4-19(5-2)12-13(3)17-10-14-11-18-16-9-7-6-8-15(14)16/h6-9,11,13,17-18H,4-5,10,12H2,1-3H3. The monoisotopic (exact) mass is 259 g/mol. The molecule has 0 aliphatic carbocycles. The van der Waals surface area contributed by atoms with Crippen molar-refractivity contribution in [3.05, 3.63) is 36.0 Å². The predicted octanol–water partition coefficient (Wildman–Crippen LogP) is 2.99. The lowest BCUT2D eigenvalue weighted by molar-refractivity contribution is 0.271.